The van der Waals surface area contributed by atoms with Gasteiger partial charge in [-0.3, -0.25) is 0 Å². The van der Waals surface area contributed by atoms with Crippen LogP contribution in [-0.4, -0.2) is 38.6 Å². The predicted molar refractivity (Wildman–Crippen MR) is 97.7 cm³/mol. The third-order valence-corrected chi connectivity index (χ3v) is 3.81. The molecule has 0 saturated heterocycles. The molecular weight excluding hydrogens is 344 g/mol. The van der Waals surface area contributed by atoms with Gasteiger partial charge in [-0.1, -0.05) is 25.4 Å². The van der Waals surface area contributed by atoms with Crippen molar-refractivity contribution in [3.8, 4) is 5.75 Å². The Kier molecular flexibility index (Phi) is 6.60. The zero-order valence-electron chi connectivity index (χ0n) is 15.3. The minimum atomic E-state index is -0.552. The van der Waals surface area contributed by atoms with Gasteiger partial charge in [0.15, 0.2) is 0 Å². The molecule has 0 spiro atoms. The Labute approximate surface area is 154 Å². The van der Waals surface area contributed by atoms with E-state index in [1.807, 2.05) is 40.7 Å². The van der Waals surface area contributed by atoms with Crippen molar-refractivity contribution in [3.63, 3.8) is 0 Å². The fraction of sp³-hybridized carbons (Fsp3) is 0.588. The molecule has 1 N–H and O–H groups in total. The van der Waals surface area contributed by atoms with E-state index >= 15 is 0 Å². The summed E-state index contributed by atoms with van der Waals surface area (Å²) in [6.45, 7) is 10.6. The average molecular weight is 370 g/mol. The molecule has 1 aromatic carbocycles. The molecule has 0 aliphatic carbocycles. The summed E-state index contributed by atoms with van der Waals surface area (Å²) in [5.41, 5.74) is 1.06. The molecule has 6 nitrogen and oxygen atoms in total. The maximum absolute atomic E-state index is 11.8. The summed E-state index contributed by atoms with van der Waals surface area (Å²) < 4.78 is 22.4. The van der Waals surface area contributed by atoms with Gasteiger partial charge in [0.25, 0.3) is 0 Å². The Morgan fingerprint density at radius 1 is 1.36 bits per heavy atom. The minimum Gasteiger partial charge on any atom is -0.492 e. The van der Waals surface area contributed by atoms with Crippen LogP contribution in [0, 0.1) is 0 Å². The molecule has 0 fully saturated rings. The first-order chi connectivity index (χ1) is 11.8. The third kappa shape index (κ3) is 4.81. The Balaban J connectivity index is 0.00000109. The molecule has 2 heterocycles. The van der Waals surface area contributed by atoms with Crippen LogP contribution in [0.5, 0.6) is 5.75 Å². The molecule has 2 aliphatic rings. The van der Waals surface area contributed by atoms with Crippen molar-refractivity contribution in [1.29, 1.82) is 0 Å². The molecule has 3 rings (SSSR count). The van der Waals surface area contributed by atoms with Gasteiger partial charge in [-0.2, -0.15) is 0 Å². The smallest absolute Gasteiger partial charge is 0.492 e. The molecule has 1 atom stereocenters. The van der Waals surface area contributed by atoms with E-state index in [9.17, 15) is 4.79 Å². The zero-order valence-corrected chi connectivity index (χ0v) is 16.1. The van der Waals surface area contributed by atoms with Gasteiger partial charge in [0.2, 0.25) is 0 Å². The van der Waals surface area contributed by atoms with Crippen molar-refractivity contribution in [2.75, 3.05) is 19.8 Å². The molecule has 1 unspecified atom stereocenters. The summed E-state index contributed by atoms with van der Waals surface area (Å²) in [7, 11) is -0.522. The number of alkyl carbamates (subject to hydrolysis) is 1. The molecule has 8 heteroatoms. The number of rotatable bonds is 2. The van der Waals surface area contributed by atoms with Gasteiger partial charge >= 0.3 is 13.2 Å². The first kappa shape index (κ1) is 19.9. The van der Waals surface area contributed by atoms with Crippen LogP contribution in [-0.2, 0) is 14.0 Å². The quantitative estimate of drug-likeness (QED) is 0.812. The fourth-order valence-corrected chi connectivity index (χ4v) is 2.93. The van der Waals surface area contributed by atoms with Crippen molar-refractivity contribution < 1.29 is 23.6 Å². The monoisotopic (exact) mass is 369 g/mol. The molecule has 0 bridgehead atoms. The molecular formula is C17H25BClNO5. The minimum absolute atomic E-state index is 0.241. The van der Waals surface area contributed by atoms with Crippen molar-refractivity contribution >= 4 is 30.3 Å². The number of carbonyl (C=O) groups excluding carboxylic acids is 1. The van der Waals surface area contributed by atoms with Crippen LogP contribution >= 0.6 is 11.6 Å². The van der Waals surface area contributed by atoms with Crippen LogP contribution in [0.25, 0.3) is 0 Å². The highest BCUT2D eigenvalue weighted by molar-refractivity contribution is 6.64. The molecule has 25 heavy (non-hydrogen) atoms. The lowest BCUT2D eigenvalue weighted by Gasteiger charge is -2.21. The topological polar surface area (TPSA) is 66.0 Å². The van der Waals surface area contributed by atoms with E-state index in [0.717, 1.165) is 11.0 Å². The summed E-state index contributed by atoms with van der Waals surface area (Å²) in [5, 5.41) is 3.27. The van der Waals surface area contributed by atoms with Gasteiger partial charge in [-0.05, 0) is 32.9 Å². The standard InChI is InChI=1S/C15H19BClNO5.C2H6/c1-15(2,3)22-14(19)18-8-11-12-9(17)4-5-10-13(12)16(23-11)21-7-6-20-10;1-2/h4-5,11H,6-8H2,1-3H3,(H,18,19);1-2H3. The van der Waals surface area contributed by atoms with Crippen molar-refractivity contribution in [2.45, 2.75) is 46.3 Å². The largest absolute Gasteiger partial charge is 0.498 e. The maximum atomic E-state index is 11.8. The van der Waals surface area contributed by atoms with Gasteiger partial charge in [0.1, 0.15) is 18.0 Å². The van der Waals surface area contributed by atoms with Gasteiger partial charge in [0.05, 0.1) is 12.7 Å². The lowest BCUT2D eigenvalue weighted by Crippen LogP contribution is -2.35. The second-order valence-electron chi connectivity index (χ2n) is 6.43. The Bertz CT molecular complexity index is 620. The SMILES string of the molecule is CC.CC(C)(C)OC(=O)NCC1OB2OCCOc3ccc(Cl)c1c32. The molecule has 138 valence electrons. The van der Waals surface area contributed by atoms with Crippen LogP contribution in [0.15, 0.2) is 12.1 Å². The lowest BCUT2D eigenvalue weighted by atomic mass is 9.78. The maximum Gasteiger partial charge on any atom is 0.498 e. The summed E-state index contributed by atoms with van der Waals surface area (Å²) in [6, 6.07) is 3.59. The first-order valence-electron chi connectivity index (χ1n) is 8.54. The number of hydrogen-bond acceptors (Lipinski definition) is 5. The predicted octanol–water partition coefficient (Wildman–Crippen LogP) is 3.07. The third-order valence-electron chi connectivity index (χ3n) is 3.48. The second kappa shape index (κ2) is 8.30. The van der Waals surface area contributed by atoms with E-state index in [0.29, 0.717) is 24.0 Å². The van der Waals surface area contributed by atoms with E-state index < -0.39 is 24.9 Å². The van der Waals surface area contributed by atoms with Crippen LogP contribution in [0.3, 0.4) is 0 Å². The Morgan fingerprint density at radius 2 is 2.08 bits per heavy atom. The highest BCUT2D eigenvalue weighted by Crippen LogP contribution is 2.34. The number of benzene rings is 1. The lowest BCUT2D eigenvalue weighted by molar-refractivity contribution is 0.0494. The van der Waals surface area contributed by atoms with Crippen molar-refractivity contribution in [3.05, 3.63) is 22.7 Å². The molecule has 0 radical (unpaired) electrons. The van der Waals surface area contributed by atoms with E-state index in [4.69, 9.17) is 30.4 Å². The molecule has 1 amide bonds. The first-order valence-corrected chi connectivity index (χ1v) is 8.92. The van der Waals surface area contributed by atoms with Gasteiger partial charge in [-0.25, -0.2) is 4.79 Å². The summed E-state index contributed by atoms with van der Waals surface area (Å²) in [6.07, 6.45) is -0.903. The van der Waals surface area contributed by atoms with E-state index in [1.165, 1.54) is 0 Å². The number of amides is 1. The van der Waals surface area contributed by atoms with Crippen LogP contribution in [0.2, 0.25) is 5.02 Å². The number of nitrogens with one attached hydrogen (secondary N) is 1. The summed E-state index contributed by atoms with van der Waals surface area (Å²) >= 11 is 6.32. The Hall–Kier alpha value is -1.44. The fourth-order valence-electron chi connectivity index (χ4n) is 2.64. The molecule has 0 aromatic heterocycles. The highest BCUT2D eigenvalue weighted by atomic mass is 35.5. The second-order valence-corrected chi connectivity index (χ2v) is 6.84. The number of ether oxygens (including phenoxy) is 2. The number of halogens is 1. The highest BCUT2D eigenvalue weighted by Gasteiger charge is 2.43. The number of carbonyl (C=O) groups is 1. The van der Waals surface area contributed by atoms with Crippen LogP contribution < -0.4 is 15.5 Å². The van der Waals surface area contributed by atoms with Crippen molar-refractivity contribution in [1.82, 2.24) is 5.32 Å². The van der Waals surface area contributed by atoms with Gasteiger partial charge in [-0.15, -0.1) is 0 Å². The summed E-state index contributed by atoms with van der Waals surface area (Å²) in [5.74, 6) is 0.715. The van der Waals surface area contributed by atoms with Crippen LogP contribution in [0.1, 0.15) is 46.3 Å². The van der Waals surface area contributed by atoms with Crippen molar-refractivity contribution in [2.24, 2.45) is 0 Å². The Morgan fingerprint density at radius 3 is 2.76 bits per heavy atom. The van der Waals surface area contributed by atoms with E-state index in [2.05, 4.69) is 5.32 Å². The zero-order chi connectivity index (χ0) is 18.6. The normalized spacial score (nSPS) is 18.3. The van der Waals surface area contributed by atoms with Gasteiger partial charge in [0, 0.05) is 22.6 Å². The van der Waals surface area contributed by atoms with Crippen LogP contribution in [0.4, 0.5) is 4.79 Å². The number of hydrogen-bond donors (Lipinski definition) is 1. The average Bonchev–Trinajstić information content (AvgIpc) is 2.79. The molecule has 0 saturated carbocycles. The molecule has 1 aromatic rings. The van der Waals surface area contributed by atoms with Gasteiger partial charge < -0.3 is 24.1 Å². The van der Waals surface area contributed by atoms with E-state index in [1.54, 1.807) is 6.07 Å². The molecule has 2 aliphatic heterocycles. The van der Waals surface area contributed by atoms with E-state index in [-0.39, 0.29) is 6.54 Å². The summed E-state index contributed by atoms with van der Waals surface area (Å²) in [4.78, 5) is 11.8.